The monoisotopic (exact) mass is 289 g/mol. The van der Waals surface area contributed by atoms with Crippen LogP contribution in [0, 0.1) is 11.8 Å². The SMILES string of the molecule is CCOC(C1CC1)C(N)C1CCCC(S(C)(=O)=O)C1. The largest absolute Gasteiger partial charge is 0.377 e. The zero-order valence-electron chi connectivity index (χ0n) is 12.0. The molecule has 4 unspecified atom stereocenters. The molecule has 5 heteroatoms. The molecular weight excluding hydrogens is 262 g/mol. The molecule has 2 saturated carbocycles. The van der Waals surface area contributed by atoms with Gasteiger partial charge in [0.1, 0.15) is 9.84 Å². The van der Waals surface area contributed by atoms with Gasteiger partial charge in [-0.2, -0.15) is 0 Å². The third kappa shape index (κ3) is 3.92. The van der Waals surface area contributed by atoms with E-state index >= 15 is 0 Å². The van der Waals surface area contributed by atoms with Gasteiger partial charge < -0.3 is 10.5 Å². The Kier molecular flexibility index (Phi) is 4.90. The van der Waals surface area contributed by atoms with E-state index in [1.54, 1.807) is 0 Å². The number of hydrogen-bond acceptors (Lipinski definition) is 4. The van der Waals surface area contributed by atoms with Crippen molar-refractivity contribution in [3.05, 3.63) is 0 Å². The maximum atomic E-state index is 11.7. The Labute approximate surface area is 117 Å². The summed E-state index contributed by atoms with van der Waals surface area (Å²) < 4.78 is 29.3. The minimum atomic E-state index is -2.93. The van der Waals surface area contributed by atoms with Crippen molar-refractivity contribution in [1.29, 1.82) is 0 Å². The average molecular weight is 289 g/mol. The van der Waals surface area contributed by atoms with Gasteiger partial charge in [-0.15, -0.1) is 0 Å². The van der Waals surface area contributed by atoms with E-state index in [1.165, 1.54) is 19.1 Å². The highest BCUT2D eigenvalue weighted by atomic mass is 32.2. The van der Waals surface area contributed by atoms with Crippen LogP contribution < -0.4 is 5.73 Å². The molecule has 0 aliphatic heterocycles. The molecule has 0 heterocycles. The first-order chi connectivity index (χ1) is 8.93. The van der Waals surface area contributed by atoms with Crippen LogP contribution in [0.5, 0.6) is 0 Å². The molecule has 112 valence electrons. The summed E-state index contributed by atoms with van der Waals surface area (Å²) in [5.41, 5.74) is 6.41. The van der Waals surface area contributed by atoms with Crippen LogP contribution in [0.2, 0.25) is 0 Å². The zero-order valence-corrected chi connectivity index (χ0v) is 12.9. The van der Waals surface area contributed by atoms with E-state index in [0.29, 0.717) is 18.4 Å². The van der Waals surface area contributed by atoms with Crippen LogP contribution >= 0.6 is 0 Å². The lowest BCUT2D eigenvalue weighted by Gasteiger charge is -2.36. The van der Waals surface area contributed by atoms with Crippen LogP contribution in [0.15, 0.2) is 0 Å². The summed E-state index contributed by atoms with van der Waals surface area (Å²) in [4.78, 5) is 0. The molecule has 2 rings (SSSR count). The summed E-state index contributed by atoms with van der Waals surface area (Å²) in [5.74, 6) is 0.902. The molecule has 0 aromatic rings. The summed E-state index contributed by atoms with van der Waals surface area (Å²) in [6.07, 6.45) is 7.44. The van der Waals surface area contributed by atoms with Crippen molar-refractivity contribution in [1.82, 2.24) is 0 Å². The van der Waals surface area contributed by atoms with Crippen LogP contribution in [-0.4, -0.2) is 38.7 Å². The van der Waals surface area contributed by atoms with E-state index in [2.05, 4.69) is 0 Å². The van der Waals surface area contributed by atoms with Gasteiger partial charge in [0.2, 0.25) is 0 Å². The molecular formula is C14H27NO3S. The fourth-order valence-electron chi connectivity index (χ4n) is 3.37. The van der Waals surface area contributed by atoms with Gasteiger partial charge in [0, 0.05) is 18.9 Å². The summed E-state index contributed by atoms with van der Waals surface area (Å²) in [5, 5.41) is -0.196. The van der Waals surface area contributed by atoms with Gasteiger partial charge in [-0.05, 0) is 50.9 Å². The second kappa shape index (κ2) is 6.10. The van der Waals surface area contributed by atoms with Crippen LogP contribution in [0.25, 0.3) is 0 Å². The Bertz CT molecular complexity index is 391. The van der Waals surface area contributed by atoms with Crippen molar-refractivity contribution in [3.63, 3.8) is 0 Å². The van der Waals surface area contributed by atoms with Gasteiger partial charge in [-0.1, -0.05) is 6.42 Å². The van der Waals surface area contributed by atoms with Crippen LogP contribution in [-0.2, 0) is 14.6 Å². The van der Waals surface area contributed by atoms with Gasteiger partial charge in [-0.25, -0.2) is 8.42 Å². The molecule has 0 amide bonds. The van der Waals surface area contributed by atoms with Gasteiger partial charge in [0.15, 0.2) is 0 Å². The van der Waals surface area contributed by atoms with Crippen molar-refractivity contribution < 1.29 is 13.2 Å². The van der Waals surface area contributed by atoms with E-state index in [1.807, 2.05) is 6.92 Å². The molecule has 2 aliphatic carbocycles. The molecule has 0 radical (unpaired) electrons. The molecule has 0 saturated heterocycles. The third-order valence-corrected chi connectivity index (χ3v) is 6.28. The molecule has 2 N–H and O–H groups in total. The number of sulfone groups is 1. The second-order valence-corrected chi connectivity index (χ2v) is 8.54. The highest BCUT2D eigenvalue weighted by Gasteiger charge is 2.41. The summed E-state index contributed by atoms with van der Waals surface area (Å²) in [6, 6.07) is -0.00278. The maximum Gasteiger partial charge on any atom is 0.150 e. The van der Waals surface area contributed by atoms with Crippen molar-refractivity contribution in [2.75, 3.05) is 12.9 Å². The van der Waals surface area contributed by atoms with Crippen LogP contribution in [0.4, 0.5) is 0 Å². The third-order valence-electron chi connectivity index (χ3n) is 4.64. The predicted octanol–water partition coefficient (Wildman–Crippen LogP) is 1.73. The van der Waals surface area contributed by atoms with Crippen LogP contribution in [0.3, 0.4) is 0 Å². The number of nitrogens with two attached hydrogens (primary N) is 1. The van der Waals surface area contributed by atoms with Gasteiger partial charge in [0.25, 0.3) is 0 Å². The number of ether oxygens (including phenoxy) is 1. The smallest absolute Gasteiger partial charge is 0.150 e. The Morgan fingerprint density at radius 3 is 2.42 bits per heavy atom. The lowest BCUT2D eigenvalue weighted by molar-refractivity contribution is 0.00946. The fourth-order valence-corrected chi connectivity index (χ4v) is 4.56. The minimum Gasteiger partial charge on any atom is -0.377 e. The maximum absolute atomic E-state index is 11.7. The van der Waals surface area contributed by atoms with Crippen LogP contribution in [0.1, 0.15) is 45.4 Å². The van der Waals surface area contributed by atoms with Crippen molar-refractivity contribution >= 4 is 9.84 Å². The molecule has 4 nitrogen and oxygen atoms in total. The minimum absolute atomic E-state index is 0.00278. The summed E-state index contributed by atoms with van der Waals surface area (Å²) in [6.45, 7) is 2.69. The van der Waals surface area contributed by atoms with Crippen molar-refractivity contribution in [2.45, 2.75) is 62.8 Å². The fraction of sp³-hybridized carbons (Fsp3) is 1.00. The normalized spacial score (nSPS) is 31.9. The van der Waals surface area contributed by atoms with Gasteiger partial charge in [-0.3, -0.25) is 0 Å². The van der Waals surface area contributed by atoms with E-state index < -0.39 is 9.84 Å². The predicted molar refractivity (Wildman–Crippen MR) is 76.7 cm³/mol. The molecule has 0 bridgehead atoms. The topological polar surface area (TPSA) is 69.4 Å². The lowest BCUT2D eigenvalue weighted by Crippen LogP contribution is -2.47. The van der Waals surface area contributed by atoms with E-state index in [0.717, 1.165) is 25.7 Å². The Hall–Kier alpha value is -0.130. The first-order valence-corrected chi connectivity index (χ1v) is 9.45. The average Bonchev–Trinajstić information content (AvgIpc) is 3.18. The first-order valence-electron chi connectivity index (χ1n) is 7.49. The Morgan fingerprint density at radius 2 is 1.89 bits per heavy atom. The molecule has 19 heavy (non-hydrogen) atoms. The van der Waals surface area contributed by atoms with Gasteiger partial charge >= 0.3 is 0 Å². The molecule has 0 aromatic carbocycles. The standard InChI is InChI=1S/C14H27NO3S/c1-3-18-14(10-7-8-10)13(15)11-5-4-6-12(9-11)19(2,16)17/h10-14H,3-9,15H2,1-2H3. The molecule has 0 spiro atoms. The Morgan fingerprint density at radius 1 is 1.21 bits per heavy atom. The number of hydrogen-bond donors (Lipinski definition) is 1. The van der Waals surface area contributed by atoms with E-state index in [9.17, 15) is 8.42 Å². The summed E-state index contributed by atoms with van der Waals surface area (Å²) in [7, 11) is -2.93. The highest BCUT2D eigenvalue weighted by molar-refractivity contribution is 7.91. The summed E-state index contributed by atoms with van der Waals surface area (Å²) >= 11 is 0. The van der Waals surface area contributed by atoms with E-state index in [4.69, 9.17) is 10.5 Å². The number of rotatable bonds is 6. The molecule has 0 aromatic heterocycles. The van der Waals surface area contributed by atoms with Gasteiger partial charge in [0.05, 0.1) is 11.4 Å². The highest BCUT2D eigenvalue weighted by Crippen LogP contribution is 2.39. The molecule has 2 fully saturated rings. The molecule has 4 atom stereocenters. The zero-order chi connectivity index (χ0) is 14.0. The lowest BCUT2D eigenvalue weighted by atomic mass is 9.81. The first kappa shape index (κ1) is 15.3. The Balaban J connectivity index is 1.99. The molecule has 2 aliphatic rings. The quantitative estimate of drug-likeness (QED) is 0.808. The van der Waals surface area contributed by atoms with E-state index in [-0.39, 0.29) is 17.4 Å². The van der Waals surface area contributed by atoms with Crippen molar-refractivity contribution in [3.8, 4) is 0 Å². The second-order valence-electron chi connectivity index (χ2n) is 6.21. The van der Waals surface area contributed by atoms with Crippen molar-refractivity contribution in [2.24, 2.45) is 17.6 Å².